The monoisotopic (exact) mass is 420 g/mol. The molecule has 7 heteroatoms. The summed E-state index contributed by atoms with van der Waals surface area (Å²) in [4.78, 5) is 28.8. The van der Waals surface area contributed by atoms with Crippen molar-refractivity contribution in [1.82, 2.24) is 9.55 Å². The maximum absolute atomic E-state index is 12.9. The lowest BCUT2D eigenvalue weighted by Gasteiger charge is -2.13. The number of ether oxygens (including phenoxy) is 2. The highest BCUT2D eigenvalue weighted by Crippen LogP contribution is 2.32. The molecular weight excluding hydrogens is 396 g/mol. The first-order valence-electron chi connectivity index (χ1n) is 10.2. The molecule has 2 heterocycles. The van der Waals surface area contributed by atoms with Crippen molar-refractivity contribution >= 4 is 28.5 Å². The molecule has 1 aromatic heterocycles. The Hall–Kier alpha value is -3.61. The van der Waals surface area contributed by atoms with Gasteiger partial charge in [0.05, 0.1) is 30.2 Å². The first-order valence-corrected chi connectivity index (χ1v) is 10.2. The molecule has 0 unspecified atom stereocenters. The van der Waals surface area contributed by atoms with E-state index in [1.54, 1.807) is 11.7 Å². The first kappa shape index (κ1) is 20.7. The minimum atomic E-state index is -1.05. The van der Waals surface area contributed by atoms with Crippen LogP contribution in [0.5, 0.6) is 11.5 Å². The van der Waals surface area contributed by atoms with Crippen LogP contribution in [0.4, 0.5) is 0 Å². The number of fused-ring (bicyclic) bond motifs is 2. The Morgan fingerprint density at radius 3 is 2.74 bits per heavy atom. The molecule has 7 nitrogen and oxygen atoms in total. The quantitative estimate of drug-likeness (QED) is 0.646. The number of aromatic carboxylic acids is 1. The fourth-order valence-corrected chi connectivity index (χ4v) is 3.64. The minimum Gasteiger partial charge on any atom is -0.493 e. The minimum absolute atomic E-state index is 0.106. The van der Waals surface area contributed by atoms with Crippen LogP contribution in [0.15, 0.2) is 41.2 Å². The molecular formula is C24H24N2O5. The van der Waals surface area contributed by atoms with Crippen molar-refractivity contribution in [3.63, 3.8) is 0 Å². The van der Waals surface area contributed by atoms with Crippen molar-refractivity contribution in [3.05, 3.63) is 63.7 Å². The lowest BCUT2D eigenvalue weighted by atomic mass is 10.1. The number of benzene rings is 2. The van der Waals surface area contributed by atoms with Crippen LogP contribution in [0.2, 0.25) is 0 Å². The fourth-order valence-electron chi connectivity index (χ4n) is 3.64. The number of aromatic nitrogens is 2. The molecule has 0 fully saturated rings. The number of carbonyl (C=O) groups is 1. The molecule has 0 bridgehead atoms. The lowest BCUT2D eigenvalue weighted by Crippen LogP contribution is -2.21. The molecule has 4 rings (SSSR count). The number of nitrogens with zero attached hydrogens (tertiary/aromatic N) is 2. The van der Waals surface area contributed by atoms with Crippen LogP contribution in [0.3, 0.4) is 0 Å². The van der Waals surface area contributed by atoms with Gasteiger partial charge in [0.15, 0.2) is 11.5 Å². The summed E-state index contributed by atoms with van der Waals surface area (Å²) in [5.41, 5.74) is 2.17. The number of carboxylic acid groups (broad SMARTS) is 1. The van der Waals surface area contributed by atoms with Crippen LogP contribution in [-0.2, 0) is 6.54 Å². The Bertz CT molecular complexity index is 1260. The van der Waals surface area contributed by atoms with Gasteiger partial charge in [0.25, 0.3) is 5.56 Å². The molecule has 160 valence electrons. The standard InChI is InChI=1S/C24H24N2O5/c1-14(2)13-31-21-11-15(4-7-20(21)30-3)10-16-8-9-26-22(16)25-19-12-17(24(28)29)5-6-18(19)23(26)27/h4-7,10-12,14H,8-9,13H2,1-3H3,(H,28,29)/b16-10+. The first-order chi connectivity index (χ1) is 14.9. The van der Waals surface area contributed by atoms with Crippen molar-refractivity contribution in [1.29, 1.82) is 0 Å². The summed E-state index contributed by atoms with van der Waals surface area (Å²) in [5.74, 6) is 1.23. The van der Waals surface area contributed by atoms with E-state index in [1.165, 1.54) is 18.2 Å². The zero-order valence-corrected chi connectivity index (χ0v) is 17.7. The van der Waals surface area contributed by atoms with E-state index in [-0.39, 0.29) is 11.1 Å². The van der Waals surface area contributed by atoms with Gasteiger partial charge < -0.3 is 14.6 Å². The van der Waals surface area contributed by atoms with E-state index in [1.807, 2.05) is 24.3 Å². The molecule has 1 aliphatic heterocycles. The Balaban J connectivity index is 1.76. The predicted molar refractivity (Wildman–Crippen MR) is 119 cm³/mol. The number of allylic oxidation sites excluding steroid dienone is 1. The van der Waals surface area contributed by atoms with Gasteiger partial charge in [-0.15, -0.1) is 0 Å². The molecule has 0 saturated carbocycles. The van der Waals surface area contributed by atoms with Crippen LogP contribution in [0.1, 0.15) is 42.0 Å². The number of hydrogen-bond donors (Lipinski definition) is 1. The predicted octanol–water partition coefficient (Wildman–Crippen LogP) is 4.08. The van der Waals surface area contributed by atoms with Crippen molar-refractivity contribution in [2.45, 2.75) is 26.8 Å². The SMILES string of the molecule is COc1ccc(/C=C2\CCn3c2nc2cc(C(=O)O)ccc2c3=O)cc1OCC(C)C. The van der Waals surface area contributed by atoms with Gasteiger partial charge in [-0.1, -0.05) is 19.9 Å². The summed E-state index contributed by atoms with van der Waals surface area (Å²) in [7, 11) is 1.61. The smallest absolute Gasteiger partial charge is 0.335 e. The number of hydrogen-bond acceptors (Lipinski definition) is 5. The van der Waals surface area contributed by atoms with E-state index in [0.717, 1.165) is 11.1 Å². The molecule has 31 heavy (non-hydrogen) atoms. The highest BCUT2D eigenvalue weighted by atomic mass is 16.5. The van der Waals surface area contributed by atoms with E-state index in [4.69, 9.17) is 9.47 Å². The van der Waals surface area contributed by atoms with Crippen LogP contribution in [0.25, 0.3) is 22.6 Å². The second kappa shape index (κ2) is 8.26. The maximum Gasteiger partial charge on any atom is 0.335 e. The molecule has 0 amide bonds. The summed E-state index contributed by atoms with van der Waals surface area (Å²) in [6.07, 6.45) is 2.65. The second-order valence-electron chi connectivity index (χ2n) is 7.96. The topological polar surface area (TPSA) is 90.7 Å². The molecule has 0 aliphatic carbocycles. The third-order valence-corrected chi connectivity index (χ3v) is 5.19. The summed E-state index contributed by atoms with van der Waals surface area (Å²) in [5, 5.41) is 9.68. The Labute approximate surface area is 179 Å². The second-order valence-corrected chi connectivity index (χ2v) is 7.96. The molecule has 1 aliphatic rings. The van der Waals surface area contributed by atoms with Crippen LogP contribution >= 0.6 is 0 Å². The maximum atomic E-state index is 12.9. The van der Waals surface area contributed by atoms with E-state index in [9.17, 15) is 14.7 Å². The molecule has 0 atom stereocenters. The lowest BCUT2D eigenvalue weighted by molar-refractivity contribution is 0.0697. The molecule has 2 aromatic carbocycles. The highest BCUT2D eigenvalue weighted by Gasteiger charge is 2.21. The third kappa shape index (κ3) is 4.03. The van der Waals surface area contributed by atoms with Gasteiger partial charge in [0.2, 0.25) is 0 Å². The summed E-state index contributed by atoms with van der Waals surface area (Å²) < 4.78 is 12.9. The van der Waals surface area contributed by atoms with Crippen molar-refractivity contribution in [2.75, 3.05) is 13.7 Å². The molecule has 0 radical (unpaired) electrons. The molecule has 0 spiro atoms. The van der Waals surface area contributed by atoms with Crippen LogP contribution in [0, 0.1) is 5.92 Å². The van der Waals surface area contributed by atoms with E-state index in [0.29, 0.717) is 53.7 Å². The Morgan fingerprint density at radius 1 is 1.23 bits per heavy atom. The summed E-state index contributed by atoms with van der Waals surface area (Å²) in [6.45, 7) is 5.28. The van der Waals surface area contributed by atoms with Crippen molar-refractivity contribution < 1.29 is 19.4 Å². The Kier molecular flexibility index (Phi) is 5.50. The van der Waals surface area contributed by atoms with E-state index < -0.39 is 5.97 Å². The van der Waals surface area contributed by atoms with Gasteiger partial charge in [0, 0.05) is 6.54 Å². The largest absolute Gasteiger partial charge is 0.493 e. The van der Waals surface area contributed by atoms with E-state index in [2.05, 4.69) is 18.8 Å². The van der Waals surface area contributed by atoms with Gasteiger partial charge in [-0.25, -0.2) is 9.78 Å². The zero-order chi connectivity index (χ0) is 22.1. The highest BCUT2D eigenvalue weighted by molar-refractivity contribution is 5.93. The molecule has 3 aromatic rings. The van der Waals surface area contributed by atoms with E-state index >= 15 is 0 Å². The van der Waals surface area contributed by atoms with Crippen LogP contribution in [-0.4, -0.2) is 34.3 Å². The van der Waals surface area contributed by atoms with Gasteiger partial charge >= 0.3 is 5.97 Å². The van der Waals surface area contributed by atoms with Crippen molar-refractivity contribution in [2.24, 2.45) is 5.92 Å². The van der Waals surface area contributed by atoms with Gasteiger partial charge in [-0.05, 0) is 59.9 Å². The summed E-state index contributed by atoms with van der Waals surface area (Å²) >= 11 is 0. The average Bonchev–Trinajstić information content (AvgIpc) is 3.14. The van der Waals surface area contributed by atoms with Crippen molar-refractivity contribution in [3.8, 4) is 11.5 Å². The number of carboxylic acids is 1. The zero-order valence-electron chi connectivity index (χ0n) is 17.7. The molecule has 0 saturated heterocycles. The van der Waals surface area contributed by atoms with Gasteiger partial charge in [-0.3, -0.25) is 9.36 Å². The number of methoxy groups -OCH3 is 1. The number of rotatable bonds is 6. The van der Waals surface area contributed by atoms with Gasteiger partial charge in [0.1, 0.15) is 5.82 Å². The van der Waals surface area contributed by atoms with Crippen LogP contribution < -0.4 is 15.0 Å². The average molecular weight is 420 g/mol. The summed E-state index contributed by atoms with van der Waals surface area (Å²) in [6, 6.07) is 10.1. The fraction of sp³-hybridized carbons (Fsp3) is 0.292. The normalized spacial score (nSPS) is 14.3. The Morgan fingerprint density at radius 2 is 2.03 bits per heavy atom. The molecule has 1 N–H and O–H groups in total. The third-order valence-electron chi connectivity index (χ3n) is 5.19. The van der Waals surface area contributed by atoms with Gasteiger partial charge in [-0.2, -0.15) is 0 Å².